The lowest BCUT2D eigenvalue weighted by Crippen LogP contribution is -2.45. The van der Waals surface area contributed by atoms with E-state index in [1.54, 1.807) is 0 Å². The Morgan fingerprint density at radius 3 is 2.85 bits per heavy atom. The molecule has 1 amide bonds. The zero-order valence-corrected chi connectivity index (χ0v) is 12.2. The van der Waals surface area contributed by atoms with Crippen LogP contribution in [-0.4, -0.2) is 30.0 Å². The van der Waals surface area contributed by atoms with Gasteiger partial charge in [-0.1, -0.05) is 11.6 Å². The highest BCUT2D eigenvalue weighted by molar-refractivity contribution is 6.31. The van der Waals surface area contributed by atoms with Gasteiger partial charge in [0, 0.05) is 23.7 Å². The molecule has 110 valence electrons. The number of amides is 1. The number of benzene rings is 1. The van der Waals surface area contributed by atoms with Crippen molar-refractivity contribution in [3.63, 3.8) is 0 Å². The van der Waals surface area contributed by atoms with E-state index < -0.39 is 10.8 Å². The minimum atomic E-state index is -0.597. The molecule has 20 heavy (non-hydrogen) atoms. The maximum atomic E-state index is 12.1. The molecule has 1 unspecified atom stereocenters. The molecule has 2 rings (SSSR count). The molecule has 0 saturated carbocycles. The number of nitro groups is 1. The van der Waals surface area contributed by atoms with E-state index in [-0.39, 0.29) is 34.7 Å². The summed E-state index contributed by atoms with van der Waals surface area (Å²) in [5.41, 5.74) is -0.228. The first-order valence-electron chi connectivity index (χ1n) is 6.03. The van der Waals surface area contributed by atoms with Crippen LogP contribution in [0.3, 0.4) is 0 Å². The fraction of sp³-hybridized carbons (Fsp3) is 0.417. The summed E-state index contributed by atoms with van der Waals surface area (Å²) in [6.07, 6.45) is 1.85. The molecule has 2 N–H and O–H groups in total. The Morgan fingerprint density at radius 2 is 2.25 bits per heavy atom. The summed E-state index contributed by atoms with van der Waals surface area (Å²) in [5, 5.41) is 17.1. The Kier molecular flexibility index (Phi) is 6.19. The van der Waals surface area contributed by atoms with Gasteiger partial charge in [-0.2, -0.15) is 0 Å². The zero-order chi connectivity index (χ0) is 13.8. The van der Waals surface area contributed by atoms with E-state index in [0.29, 0.717) is 6.54 Å². The fourth-order valence-electron chi connectivity index (χ4n) is 2.09. The summed E-state index contributed by atoms with van der Waals surface area (Å²) in [4.78, 5) is 22.4. The second-order valence-corrected chi connectivity index (χ2v) is 4.87. The zero-order valence-electron chi connectivity index (χ0n) is 10.6. The van der Waals surface area contributed by atoms with Crippen LogP contribution in [0.15, 0.2) is 18.2 Å². The molecular weight excluding hydrogens is 305 g/mol. The van der Waals surface area contributed by atoms with Crippen molar-refractivity contribution in [1.82, 2.24) is 10.6 Å². The highest BCUT2D eigenvalue weighted by Crippen LogP contribution is 2.23. The Bertz CT molecular complexity index is 505. The molecule has 1 atom stereocenters. The van der Waals surface area contributed by atoms with Gasteiger partial charge < -0.3 is 10.6 Å². The van der Waals surface area contributed by atoms with E-state index >= 15 is 0 Å². The van der Waals surface area contributed by atoms with Crippen LogP contribution in [0.5, 0.6) is 0 Å². The maximum absolute atomic E-state index is 12.1. The number of rotatable bonds is 3. The first kappa shape index (κ1) is 16.7. The molecule has 1 aliphatic heterocycles. The average molecular weight is 320 g/mol. The Morgan fingerprint density at radius 1 is 1.50 bits per heavy atom. The molecule has 1 fully saturated rings. The molecule has 0 bridgehead atoms. The monoisotopic (exact) mass is 319 g/mol. The minimum absolute atomic E-state index is 0. The molecule has 1 saturated heterocycles. The number of nitrogens with zero attached hydrogens (tertiary/aromatic N) is 1. The third-order valence-corrected chi connectivity index (χ3v) is 3.27. The van der Waals surface area contributed by atoms with Crippen LogP contribution >= 0.6 is 24.0 Å². The highest BCUT2D eigenvalue weighted by atomic mass is 35.5. The molecule has 1 aromatic carbocycles. The predicted octanol–water partition coefficient (Wildman–Crippen LogP) is 2.15. The van der Waals surface area contributed by atoms with Crippen molar-refractivity contribution in [2.45, 2.75) is 18.9 Å². The van der Waals surface area contributed by atoms with Crippen LogP contribution in [-0.2, 0) is 0 Å². The first-order valence-corrected chi connectivity index (χ1v) is 6.41. The van der Waals surface area contributed by atoms with Gasteiger partial charge in [0.2, 0.25) is 0 Å². The number of nitro benzene ring substituents is 1. The summed E-state index contributed by atoms with van der Waals surface area (Å²) < 4.78 is 0. The standard InChI is InChI=1S/C12H14ClN3O3.ClH/c13-8-3-4-10(11(6-8)16(18)19)12(17)15-9-2-1-5-14-7-9;/h3-4,6,9,14H,1-2,5,7H2,(H,15,17);1H. The number of hydrogen-bond donors (Lipinski definition) is 2. The molecule has 1 heterocycles. The second-order valence-electron chi connectivity index (χ2n) is 4.44. The van der Waals surface area contributed by atoms with Gasteiger partial charge in [-0.05, 0) is 31.5 Å². The van der Waals surface area contributed by atoms with Crippen LogP contribution in [0.2, 0.25) is 5.02 Å². The molecule has 8 heteroatoms. The van der Waals surface area contributed by atoms with Gasteiger partial charge >= 0.3 is 0 Å². The van der Waals surface area contributed by atoms with Gasteiger partial charge in [0.25, 0.3) is 11.6 Å². The van der Waals surface area contributed by atoms with Gasteiger partial charge in [0.1, 0.15) is 5.56 Å². The van der Waals surface area contributed by atoms with E-state index in [4.69, 9.17) is 11.6 Å². The van der Waals surface area contributed by atoms with E-state index in [1.807, 2.05) is 0 Å². The third kappa shape index (κ3) is 4.06. The van der Waals surface area contributed by atoms with Gasteiger partial charge in [-0.15, -0.1) is 12.4 Å². The normalized spacial score (nSPS) is 17.9. The van der Waals surface area contributed by atoms with E-state index in [0.717, 1.165) is 19.4 Å². The van der Waals surface area contributed by atoms with Gasteiger partial charge in [-0.25, -0.2) is 0 Å². The van der Waals surface area contributed by atoms with Gasteiger partial charge in [-0.3, -0.25) is 14.9 Å². The number of halogens is 2. The highest BCUT2D eigenvalue weighted by Gasteiger charge is 2.23. The lowest BCUT2D eigenvalue weighted by atomic mass is 10.1. The molecule has 0 aromatic heterocycles. The molecule has 0 spiro atoms. The first-order chi connectivity index (χ1) is 9.08. The average Bonchev–Trinajstić information content (AvgIpc) is 2.39. The SMILES string of the molecule is Cl.O=C(NC1CCCNC1)c1ccc(Cl)cc1[N+](=O)[O-]. The predicted molar refractivity (Wildman–Crippen MR) is 78.7 cm³/mol. The third-order valence-electron chi connectivity index (χ3n) is 3.03. The van der Waals surface area contributed by atoms with Crippen molar-refractivity contribution < 1.29 is 9.72 Å². The summed E-state index contributed by atoms with van der Waals surface area (Å²) in [6, 6.07) is 4.06. The van der Waals surface area contributed by atoms with Crippen molar-refractivity contribution in [2.75, 3.05) is 13.1 Å². The second kappa shape index (κ2) is 7.42. The number of piperidine rings is 1. The van der Waals surface area contributed by atoms with Crippen molar-refractivity contribution >= 4 is 35.6 Å². The Labute approximate surface area is 127 Å². The van der Waals surface area contributed by atoms with Crippen LogP contribution in [0.4, 0.5) is 5.69 Å². The van der Waals surface area contributed by atoms with E-state index in [1.165, 1.54) is 18.2 Å². The van der Waals surface area contributed by atoms with Crippen LogP contribution < -0.4 is 10.6 Å². The van der Waals surface area contributed by atoms with E-state index in [2.05, 4.69) is 10.6 Å². The number of carbonyl (C=O) groups excluding carboxylic acids is 1. The Hall–Kier alpha value is -1.37. The molecular formula is C12H15Cl2N3O3. The van der Waals surface area contributed by atoms with Crippen LogP contribution in [0.25, 0.3) is 0 Å². The molecule has 0 aliphatic carbocycles. The molecule has 1 aromatic rings. The molecule has 1 aliphatic rings. The van der Waals surface area contributed by atoms with Gasteiger partial charge in [0.15, 0.2) is 0 Å². The lowest BCUT2D eigenvalue weighted by molar-refractivity contribution is -0.385. The molecule has 0 radical (unpaired) electrons. The summed E-state index contributed by atoms with van der Waals surface area (Å²) >= 11 is 5.71. The maximum Gasteiger partial charge on any atom is 0.283 e. The van der Waals surface area contributed by atoms with Gasteiger partial charge in [0.05, 0.1) is 4.92 Å². The van der Waals surface area contributed by atoms with E-state index in [9.17, 15) is 14.9 Å². The summed E-state index contributed by atoms with van der Waals surface area (Å²) in [6.45, 7) is 1.63. The smallest absolute Gasteiger partial charge is 0.283 e. The lowest BCUT2D eigenvalue weighted by Gasteiger charge is -2.23. The van der Waals surface area contributed by atoms with Crippen LogP contribution in [0.1, 0.15) is 23.2 Å². The number of carbonyl (C=O) groups is 1. The van der Waals surface area contributed by atoms with Crippen molar-refractivity contribution in [1.29, 1.82) is 0 Å². The topological polar surface area (TPSA) is 84.3 Å². The van der Waals surface area contributed by atoms with Crippen molar-refractivity contribution in [3.05, 3.63) is 38.9 Å². The molecule has 6 nitrogen and oxygen atoms in total. The minimum Gasteiger partial charge on any atom is -0.348 e. The Balaban J connectivity index is 0.00000200. The number of nitrogens with one attached hydrogen (secondary N) is 2. The number of hydrogen-bond acceptors (Lipinski definition) is 4. The fourth-order valence-corrected chi connectivity index (χ4v) is 2.25. The van der Waals surface area contributed by atoms with Crippen molar-refractivity contribution in [2.24, 2.45) is 0 Å². The van der Waals surface area contributed by atoms with Crippen LogP contribution in [0, 0.1) is 10.1 Å². The van der Waals surface area contributed by atoms with Crippen molar-refractivity contribution in [3.8, 4) is 0 Å². The summed E-state index contributed by atoms with van der Waals surface area (Å²) in [7, 11) is 0. The largest absolute Gasteiger partial charge is 0.348 e. The quantitative estimate of drug-likeness (QED) is 0.660. The summed E-state index contributed by atoms with van der Waals surface area (Å²) in [5.74, 6) is -0.433.